The number of amides is 1. The van der Waals surface area contributed by atoms with Gasteiger partial charge in [0.1, 0.15) is 6.61 Å². The number of alkyl carbamates (subject to hydrolysis) is 1. The molecule has 1 amide bonds. The second-order valence-electron chi connectivity index (χ2n) is 7.55. The van der Waals surface area contributed by atoms with E-state index in [1.54, 1.807) is 6.92 Å². The minimum absolute atomic E-state index is 0.00804. The summed E-state index contributed by atoms with van der Waals surface area (Å²) in [5, 5.41) is 2.84. The maximum absolute atomic E-state index is 12.5. The van der Waals surface area contributed by atoms with Crippen molar-refractivity contribution >= 4 is 12.1 Å². The summed E-state index contributed by atoms with van der Waals surface area (Å²) in [4.78, 5) is 24.3. The van der Waals surface area contributed by atoms with Gasteiger partial charge in [-0.25, -0.2) is 4.79 Å². The van der Waals surface area contributed by atoms with Crippen LogP contribution in [0.1, 0.15) is 37.8 Å². The van der Waals surface area contributed by atoms with Gasteiger partial charge in [0, 0.05) is 12.0 Å². The molecule has 1 aliphatic carbocycles. The van der Waals surface area contributed by atoms with Crippen molar-refractivity contribution in [1.82, 2.24) is 5.32 Å². The van der Waals surface area contributed by atoms with Gasteiger partial charge in [0.05, 0.1) is 13.0 Å². The molecule has 0 radical (unpaired) electrons. The zero-order chi connectivity index (χ0) is 20.3. The molecule has 2 aromatic rings. The van der Waals surface area contributed by atoms with E-state index in [2.05, 4.69) is 29.6 Å². The average molecular weight is 381 g/mol. The first-order valence-electron chi connectivity index (χ1n) is 9.63. The summed E-state index contributed by atoms with van der Waals surface area (Å²) in [5.41, 5.74) is 4.71. The number of nitrogens with one attached hydrogen (secondary N) is 1. The molecule has 0 bridgehead atoms. The summed E-state index contributed by atoms with van der Waals surface area (Å²) in [6, 6.07) is 16.1. The zero-order valence-corrected chi connectivity index (χ0v) is 16.8. The van der Waals surface area contributed by atoms with Crippen LogP contribution in [-0.4, -0.2) is 31.8 Å². The zero-order valence-electron chi connectivity index (χ0n) is 16.8. The molecule has 0 saturated carbocycles. The quantitative estimate of drug-likeness (QED) is 0.755. The number of benzene rings is 2. The lowest BCUT2D eigenvalue weighted by molar-refractivity contribution is -0.146. The number of fused-ring (bicyclic) bond motifs is 3. The molecule has 148 valence electrons. The lowest BCUT2D eigenvalue weighted by atomic mass is 9.92. The molecule has 0 unspecified atom stereocenters. The highest BCUT2D eigenvalue weighted by Crippen LogP contribution is 2.44. The van der Waals surface area contributed by atoms with E-state index in [9.17, 15) is 9.59 Å². The lowest BCUT2D eigenvalue weighted by Gasteiger charge is -2.26. The Morgan fingerprint density at radius 1 is 0.964 bits per heavy atom. The Bertz CT molecular complexity index is 816. The van der Waals surface area contributed by atoms with Crippen LogP contribution in [0.5, 0.6) is 0 Å². The number of rotatable bonds is 6. The van der Waals surface area contributed by atoms with E-state index in [4.69, 9.17) is 9.47 Å². The topological polar surface area (TPSA) is 64.6 Å². The van der Waals surface area contributed by atoms with E-state index in [0.29, 0.717) is 0 Å². The molecule has 5 heteroatoms. The molecular weight excluding hydrogens is 354 g/mol. The summed E-state index contributed by atoms with van der Waals surface area (Å²) in [5.74, 6) is -0.730. The third-order valence-corrected chi connectivity index (χ3v) is 5.46. The monoisotopic (exact) mass is 381 g/mol. The highest BCUT2D eigenvalue weighted by Gasteiger charge is 2.31. The molecule has 2 atom stereocenters. The highest BCUT2D eigenvalue weighted by molar-refractivity contribution is 5.79. The number of hydrogen-bond donors (Lipinski definition) is 1. The Morgan fingerprint density at radius 3 is 2.00 bits per heavy atom. The maximum Gasteiger partial charge on any atom is 0.407 e. The van der Waals surface area contributed by atoms with E-state index < -0.39 is 12.0 Å². The average Bonchev–Trinajstić information content (AvgIpc) is 3.03. The number of ether oxygens (including phenoxy) is 2. The number of methoxy groups -OCH3 is 1. The molecule has 2 aromatic carbocycles. The summed E-state index contributed by atoms with van der Waals surface area (Å²) >= 11 is 0. The van der Waals surface area contributed by atoms with Crippen LogP contribution in [0.4, 0.5) is 4.79 Å². The summed E-state index contributed by atoms with van der Waals surface area (Å²) < 4.78 is 10.4. The van der Waals surface area contributed by atoms with Gasteiger partial charge in [-0.15, -0.1) is 0 Å². The van der Waals surface area contributed by atoms with Crippen LogP contribution < -0.4 is 5.32 Å². The molecule has 0 aromatic heterocycles. The van der Waals surface area contributed by atoms with Gasteiger partial charge in [-0.2, -0.15) is 0 Å². The first-order chi connectivity index (χ1) is 13.4. The van der Waals surface area contributed by atoms with Crippen LogP contribution in [0.15, 0.2) is 48.5 Å². The fourth-order valence-electron chi connectivity index (χ4n) is 3.98. The number of hydrogen-bond acceptors (Lipinski definition) is 4. The van der Waals surface area contributed by atoms with Crippen molar-refractivity contribution in [2.75, 3.05) is 13.7 Å². The third-order valence-electron chi connectivity index (χ3n) is 5.46. The normalized spacial score (nSPS) is 14.8. The Labute approximate surface area is 166 Å². The molecular formula is C23H27NO4. The van der Waals surface area contributed by atoms with E-state index in [-0.39, 0.29) is 30.5 Å². The van der Waals surface area contributed by atoms with Gasteiger partial charge in [-0.05, 0) is 35.1 Å². The van der Waals surface area contributed by atoms with Crippen molar-refractivity contribution in [3.8, 4) is 11.1 Å². The van der Waals surface area contributed by atoms with Crippen LogP contribution in [-0.2, 0) is 14.3 Å². The van der Waals surface area contributed by atoms with Gasteiger partial charge in [0.25, 0.3) is 0 Å². The van der Waals surface area contributed by atoms with Gasteiger partial charge in [-0.3, -0.25) is 4.79 Å². The second kappa shape index (κ2) is 8.46. The molecule has 0 fully saturated rings. The van der Waals surface area contributed by atoms with Gasteiger partial charge in [0.2, 0.25) is 0 Å². The van der Waals surface area contributed by atoms with Crippen molar-refractivity contribution in [3.05, 3.63) is 59.7 Å². The van der Waals surface area contributed by atoms with E-state index >= 15 is 0 Å². The first kappa shape index (κ1) is 19.9. The smallest absolute Gasteiger partial charge is 0.407 e. The number of carbonyl (C=O) groups is 2. The summed E-state index contributed by atoms with van der Waals surface area (Å²) in [7, 11) is 1.35. The molecule has 5 nitrogen and oxygen atoms in total. The largest absolute Gasteiger partial charge is 0.469 e. The van der Waals surface area contributed by atoms with Gasteiger partial charge >= 0.3 is 12.1 Å². The van der Waals surface area contributed by atoms with Crippen LogP contribution >= 0.6 is 0 Å². The predicted molar refractivity (Wildman–Crippen MR) is 108 cm³/mol. The maximum atomic E-state index is 12.5. The van der Waals surface area contributed by atoms with Crippen molar-refractivity contribution in [2.45, 2.75) is 32.7 Å². The molecule has 0 heterocycles. The fourth-order valence-corrected chi connectivity index (χ4v) is 3.98. The van der Waals surface area contributed by atoms with Crippen molar-refractivity contribution in [1.29, 1.82) is 0 Å². The molecule has 0 spiro atoms. The van der Waals surface area contributed by atoms with Crippen molar-refractivity contribution < 1.29 is 19.1 Å². The fraction of sp³-hybridized carbons (Fsp3) is 0.391. The van der Waals surface area contributed by atoms with Crippen LogP contribution in [0.25, 0.3) is 11.1 Å². The SMILES string of the molecule is COC(=O)[C@H](C)[C@@H](NC(=O)OCC1c2ccccc2-c2ccccc21)C(C)C. The first-order valence-corrected chi connectivity index (χ1v) is 9.63. The Kier molecular flexibility index (Phi) is 6.02. The van der Waals surface area contributed by atoms with E-state index in [1.807, 2.05) is 38.1 Å². The van der Waals surface area contributed by atoms with Crippen LogP contribution in [0.2, 0.25) is 0 Å². The Morgan fingerprint density at radius 2 is 1.50 bits per heavy atom. The van der Waals surface area contributed by atoms with Crippen molar-refractivity contribution in [3.63, 3.8) is 0 Å². The Hall–Kier alpha value is -2.82. The summed E-state index contributed by atoms with van der Waals surface area (Å²) in [6.45, 7) is 5.90. The van der Waals surface area contributed by atoms with Crippen LogP contribution in [0.3, 0.4) is 0 Å². The van der Waals surface area contributed by atoms with Gasteiger partial charge < -0.3 is 14.8 Å². The highest BCUT2D eigenvalue weighted by atomic mass is 16.5. The van der Waals surface area contributed by atoms with Crippen molar-refractivity contribution in [2.24, 2.45) is 11.8 Å². The van der Waals surface area contributed by atoms with Gasteiger partial charge in [-0.1, -0.05) is 62.4 Å². The molecule has 1 aliphatic rings. The standard InChI is InChI=1S/C23H27NO4/c1-14(2)21(15(3)22(25)27-4)24-23(26)28-13-20-18-11-7-5-9-16(18)17-10-6-8-12-19(17)20/h5-12,14-15,20-21H,13H2,1-4H3,(H,24,26)/t15-,21+/m1/s1. The van der Waals surface area contributed by atoms with Crippen LogP contribution in [0, 0.1) is 11.8 Å². The second-order valence-corrected chi connectivity index (χ2v) is 7.55. The molecule has 0 saturated heterocycles. The van der Waals surface area contributed by atoms with Gasteiger partial charge in [0.15, 0.2) is 0 Å². The molecule has 28 heavy (non-hydrogen) atoms. The minimum Gasteiger partial charge on any atom is -0.469 e. The lowest BCUT2D eigenvalue weighted by Crippen LogP contribution is -2.46. The molecule has 0 aliphatic heterocycles. The predicted octanol–water partition coefficient (Wildman–Crippen LogP) is 4.36. The Balaban J connectivity index is 1.70. The van der Waals surface area contributed by atoms with E-state index in [0.717, 1.165) is 0 Å². The number of esters is 1. The minimum atomic E-state index is -0.517. The summed E-state index contributed by atoms with van der Waals surface area (Å²) in [6.07, 6.45) is -0.517. The molecule has 1 N–H and O–H groups in total. The molecule has 3 rings (SSSR count). The third kappa shape index (κ3) is 3.88. The number of carbonyl (C=O) groups excluding carboxylic acids is 2. The van der Waals surface area contributed by atoms with E-state index in [1.165, 1.54) is 29.4 Å².